The molecule has 8 nitrogen and oxygen atoms in total. The molecule has 0 atom stereocenters. The summed E-state index contributed by atoms with van der Waals surface area (Å²) in [5.74, 6) is -0.495. The molecule has 2 rings (SSSR count). The zero-order valence-electron chi connectivity index (χ0n) is 11.4. The maximum atomic E-state index is 12.1. The number of carbonyl (C=O) groups excluding carboxylic acids is 1. The fraction of sp³-hybridized carbons (Fsp3) is 0.667. The van der Waals surface area contributed by atoms with E-state index < -0.39 is 5.97 Å². The third-order valence-electron chi connectivity index (χ3n) is 3.38. The summed E-state index contributed by atoms with van der Waals surface area (Å²) < 4.78 is 1.55. The number of nitrogens with one attached hydrogen (secondary N) is 1. The molecule has 1 heterocycles. The number of aryl methyl sites for hydroxylation is 1. The highest BCUT2D eigenvalue weighted by molar-refractivity contribution is 5.80. The van der Waals surface area contributed by atoms with Crippen LogP contribution in [-0.4, -0.2) is 49.4 Å². The molecular weight excluding hydrogens is 262 g/mol. The van der Waals surface area contributed by atoms with Crippen LogP contribution >= 0.6 is 0 Å². The van der Waals surface area contributed by atoms with Gasteiger partial charge in [-0.3, -0.25) is 9.48 Å². The molecule has 8 heteroatoms. The van der Waals surface area contributed by atoms with Gasteiger partial charge in [-0.1, -0.05) is 12.8 Å². The first kappa shape index (κ1) is 14.3. The average Bonchev–Trinajstić information content (AvgIpc) is 3.04. The predicted octanol–water partition coefficient (Wildman–Crippen LogP) is 0.354. The Morgan fingerprint density at radius 1 is 1.50 bits per heavy atom. The van der Waals surface area contributed by atoms with Crippen molar-refractivity contribution in [3.63, 3.8) is 0 Å². The van der Waals surface area contributed by atoms with Crippen LogP contribution < -0.4 is 5.32 Å². The Labute approximate surface area is 116 Å². The zero-order chi connectivity index (χ0) is 14.5. The largest absolute Gasteiger partial charge is 0.480 e. The van der Waals surface area contributed by atoms with E-state index in [4.69, 9.17) is 5.11 Å². The maximum Gasteiger partial charge on any atom is 0.323 e. The summed E-state index contributed by atoms with van der Waals surface area (Å²) in [4.78, 5) is 28.4. The summed E-state index contributed by atoms with van der Waals surface area (Å²) >= 11 is 0. The Morgan fingerprint density at radius 2 is 2.20 bits per heavy atom. The summed E-state index contributed by atoms with van der Waals surface area (Å²) in [7, 11) is 1.74. The second-order valence-corrected chi connectivity index (χ2v) is 4.95. The lowest BCUT2D eigenvalue weighted by atomic mass is 10.2. The fourth-order valence-corrected chi connectivity index (χ4v) is 2.45. The summed E-state index contributed by atoms with van der Waals surface area (Å²) in [5, 5.41) is 15.7. The minimum atomic E-state index is -0.997. The molecule has 1 fully saturated rings. The van der Waals surface area contributed by atoms with Crippen molar-refractivity contribution in [1.82, 2.24) is 25.0 Å². The number of carboxylic acids is 1. The van der Waals surface area contributed by atoms with Crippen LogP contribution in [0.1, 0.15) is 31.5 Å². The molecule has 1 aromatic rings. The highest BCUT2D eigenvalue weighted by Crippen LogP contribution is 2.23. The van der Waals surface area contributed by atoms with E-state index in [1.807, 2.05) is 0 Å². The van der Waals surface area contributed by atoms with Crippen molar-refractivity contribution in [3.8, 4) is 0 Å². The lowest BCUT2D eigenvalue weighted by Gasteiger charge is -2.27. The first-order valence-corrected chi connectivity index (χ1v) is 6.67. The highest BCUT2D eigenvalue weighted by Gasteiger charge is 2.28. The average molecular weight is 281 g/mol. The summed E-state index contributed by atoms with van der Waals surface area (Å²) in [6.45, 7) is -0.0747. The first-order valence-electron chi connectivity index (χ1n) is 6.67. The first-order chi connectivity index (χ1) is 9.56. The minimum absolute atomic E-state index is 0.0165. The van der Waals surface area contributed by atoms with Gasteiger partial charge in [0.15, 0.2) is 5.82 Å². The Bertz CT molecular complexity index is 481. The molecule has 1 aliphatic carbocycles. The number of aromatic nitrogens is 3. The second kappa shape index (κ2) is 6.36. The van der Waals surface area contributed by atoms with Crippen LogP contribution in [0.15, 0.2) is 6.33 Å². The number of nitrogens with zero attached hydrogens (tertiary/aromatic N) is 4. The van der Waals surface area contributed by atoms with E-state index in [1.165, 1.54) is 4.90 Å². The lowest BCUT2D eigenvalue weighted by molar-refractivity contribution is -0.138. The van der Waals surface area contributed by atoms with Crippen LogP contribution in [0.4, 0.5) is 4.79 Å². The van der Waals surface area contributed by atoms with E-state index in [0.29, 0.717) is 5.82 Å². The third kappa shape index (κ3) is 3.69. The number of urea groups is 1. The van der Waals surface area contributed by atoms with Crippen molar-refractivity contribution in [2.75, 3.05) is 6.54 Å². The number of carboxylic acid groups (broad SMARTS) is 1. The molecule has 0 spiro atoms. The van der Waals surface area contributed by atoms with Gasteiger partial charge in [0.1, 0.15) is 12.9 Å². The van der Waals surface area contributed by atoms with E-state index in [2.05, 4.69) is 15.4 Å². The molecule has 1 aliphatic rings. The van der Waals surface area contributed by atoms with Crippen molar-refractivity contribution < 1.29 is 14.7 Å². The number of rotatable bonds is 5. The van der Waals surface area contributed by atoms with E-state index in [-0.39, 0.29) is 25.2 Å². The molecule has 0 aromatic carbocycles. The smallest absolute Gasteiger partial charge is 0.323 e. The van der Waals surface area contributed by atoms with Gasteiger partial charge in [-0.05, 0) is 12.8 Å². The van der Waals surface area contributed by atoms with Crippen LogP contribution in [0.5, 0.6) is 0 Å². The summed E-state index contributed by atoms with van der Waals surface area (Å²) in [5.41, 5.74) is 0. The van der Waals surface area contributed by atoms with Gasteiger partial charge in [-0.2, -0.15) is 5.10 Å². The van der Waals surface area contributed by atoms with Gasteiger partial charge in [0.25, 0.3) is 0 Å². The summed E-state index contributed by atoms with van der Waals surface area (Å²) in [6.07, 6.45) is 5.35. The molecule has 1 saturated carbocycles. The standard InChI is InChI=1S/C12H19N5O3/c1-16-8-14-10(15-16)6-13-12(20)17(7-11(18)19)9-4-2-3-5-9/h8-9H,2-7H2,1H3,(H,13,20)(H,18,19). The Kier molecular flexibility index (Phi) is 4.54. The molecule has 110 valence electrons. The van der Waals surface area contributed by atoms with Gasteiger partial charge >= 0.3 is 12.0 Å². The van der Waals surface area contributed by atoms with Gasteiger partial charge in [0, 0.05) is 13.1 Å². The molecule has 2 amide bonds. The topological polar surface area (TPSA) is 100 Å². The van der Waals surface area contributed by atoms with E-state index in [9.17, 15) is 9.59 Å². The van der Waals surface area contributed by atoms with Crippen LogP contribution in [0.2, 0.25) is 0 Å². The second-order valence-electron chi connectivity index (χ2n) is 4.95. The van der Waals surface area contributed by atoms with E-state index in [0.717, 1.165) is 25.7 Å². The Morgan fingerprint density at radius 3 is 2.75 bits per heavy atom. The van der Waals surface area contributed by atoms with Crippen LogP contribution in [-0.2, 0) is 18.4 Å². The molecule has 0 saturated heterocycles. The van der Waals surface area contributed by atoms with Crippen molar-refractivity contribution in [3.05, 3.63) is 12.2 Å². The van der Waals surface area contributed by atoms with Crippen LogP contribution in [0, 0.1) is 0 Å². The molecular formula is C12H19N5O3. The molecule has 20 heavy (non-hydrogen) atoms. The van der Waals surface area contributed by atoms with Gasteiger partial charge in [0.2, 0.25) is 0 Å². The normalized spacial score (nSPS) is 15.2. The minimum Gasteiger partial charge on any atom is -0.480 e. The Hall–Kier alpha value is -2.12. The third-order valence-corrected chi connectivity index (χ3v) is 3.38. The molecule has 0 aliphatic heterocycles. The van der Waals surface area contributed by atoms with Crippen molar-refractivity contribution in [2.45, 2.75) is 38.3 Å². The zero-order valence-corrected chi connectivity index (χ0v) is 11.4. The molecule has 0 bridgehead atoms. The van der Waals surface area contributed by atoms with E-state index in [1.54, 1.807) is 18.1 Å². The number of carbonyl (C=O) groups is 2. The number of hydrogen-bond acceptors (Lipinski definition) is 4. The van der Waals surface area contributed by atoms with E-state index >= 15 is 0 Å². The summed E-state index contributed by atoms with van der Waals surface area (Å²) in [6, 6.07) is -0.352. The molecule has 1 aromatic heterocycles. The van der Waals surface area contributed by atoms with Gasteiger partial charge in [0.05, 0.1) is 6.54 Å². The predicted molar refractivity (Wildman–Crippen MR) is 69.8 cm³/mol. The maximum absolute atomic E-state index is 12.1. The molecule has 2 N–H and O–H groups in total. The van der Waals surface area contributed by atoms with Gasteiger partial charge in [-0.15, -0.1) is 0 Å². The monoisotopic (exact) mass is 281 g/mol. The number of amides is 2. The van der Waals surface area contributed by atoms with Gasteiger partial charge in [-0.25, -0.2) is 9.78 Å². The molecule has 0 unspecified atom stereocenters. The lowest BCUT2D eigenvalue weighted by Crippen LogP contribution is -2.47. The van der Waals surface area contributed by atoms with Crippen molar-refractivity contribution >= 4 is 12.0 Å². The Balaban J connectivity index is 1.93. The quantitative estimate of drug-likeness (QED) is 0.811. The SMILES string of the molecule is Cn1cnc(CNC(=O)N(CC(=O)O)C2CCCC2)n1. The molecule has 0 radical (unpaired) electrons. The van der Waals surface area contributed by atoms with Crippen LogP contribution in [0.3, 0.4) is 0 Å². The number of aliphatic carboxylic acids is 1. The van der Waals surface area contributed by atoms with Crippen molar-refractivity contribution in [1.29, 1.82) is 0 Å². The highest BCUT2D eigenvalue weighted by atomic mass is 16.4. The van der Waals surface area contributed by atoms with Crippen LogP contribution in [0.25, 0.3) is 0 Å². The van der Waals surface area contributed by atoms with Crippen molar-refractivity contribution in [2.24, 2.45) is 7.05 Å². The fourth-order valence-electron chi connectivity index (χ4n) is 2.45. The van der Waals surface area contributed by atoms with Gasteiger partial charge < -0.3 is 15.3 Å². The number of hydrogen-bond donors (Lipinski definition) is 2.